The van der Waals surface area contributed by atoms with Crippen LogP contribution in [0.5, 0.6) is 0 Å². The summed E-state index contributed by atoms with van der Waals surface area (Å²) in [6.45, 7) is 1.97. The lowest BCUT2D eigenvalue weighted by Gasteiger charge is -2.06. The molecule has 3 aromatic rings. The van der Waals surface area contributed by atoms with Gasteiger partial charge in [0.05, 0.1) is 15.9 Å². The van der Waals surface area contributed by atoms with E-state index in [0.717, 1.165) is 21.8 Å². The van der Waals surface area contributed by atoms with Gasteiger partial charge >= 0.3 is 0 Å². The number of aromatic nitrogens is 1. The van der Waals surface area contributed by atoms with Gasteiger partial charge in [-0.25, -0.2) is 13.8 Å². The number of nitrogens with one attached hydrogen (secondary N) is 1. The maximum absolute atomic E-state index is 13.8. The third kappa shape index (κ3) is 2.41. The molecule has 6 heteroatoms. The Labute approximate surface area is 126 Å². The number of rotatable bonds is 2. The molecule has 1 N–H and O–H groups in total. The Kier molecular flexibility index (Phi) is 3.43. The number of para-hydroxylation sites is 1. The van der Waals surface area contributed by atoms with Crippen LogP contribution in [0.4, 0.5) is 19.6 Å². The van der Waals surface area contributed by atoms with Crippen LogP contribution in [0.15, 0.2) is 34.8 Å². The minimum absolute atomic E-state index is 0.183. The first-order valence-corrected chi connectivity index (χ1v) is 7.43. The molecular formula is C14H9BrF2N2S. The third-order valence-electron chi connectivity index (χ3n) is 2.86. The number of hydrogen-bond acceptors (Lipinski definition) is 3. The van der Waals surface area contributed by atoms with Crippen LogP contribution in [0.2, 0.25) is 0 Å². The van der Waals surface area contributed by atoms with Crippen molar-refractivity contribution in [3.05, 3.63) is 52.0 Å². The molecule has 0 saturated carbocycles. The quantitative estimate of drug-likeness (QED) is 0.667. The largest absolute Gasteiger partial charge is 0.328 e. The highest BCUT2D eigenvalue weighted by atomic mass is 79.9. The van der Waals surface area contributed by atoms with E-state index < -0.39 is 11.6 Å². The fourth-order valence-corrected chi connectivity index (χ4v) is 3.36. The van der Waals surface area contributed by atoms with Crippen LogP contribution in [-0.4, -0.2) is 4.98 Å². The molecule has 0 aliphatic heterocycles. The lowest BCUT2D eigenvalue weighted by molar-refractivity contribution is 0.584. The van der Waals surface area contributed by atoms with Gasteiger partial charge in [-0.1, -0.05) is 23.5 Å². The van der Waals surface area contributed by atoms with E-state index in [4.69, 9.17) is 0 Å². The standard InChI is InChI=1S/C14H9BrF2N2S/c1-7-3-2-4-11-12(7)18-14(20-11)19-13-9(15)5-8(16)6-10(13)17/h2-6H,1H3,(H,18,19). The normalized spacial score (nSPS) is 11.0. The molecule has 1 aromatic heterocycles. The zero-order valence-corrected chi connectivity index (χ0v) is 12.8. The molecule has 3 rings (SSSR count). The Morgan fingerprint density at radius 1 is 1.25 bits per heavy atom. The second-order valence-corrected chi connectivity index (χ2v) is 6.20. The van der Waals surface area contributed by atoms with Crippen LogP contribution in [0.3, 0.4) is 0 Å². The average molecular weight is 355 g/mol. The van der Waals surface area contributed by atoms with Gasteiger partial charge in [0.2, 0.25) is 0 Å². The highest BCUT2D eigenvalue weighted by molar-refractivity contribution is 9.10. The molecule has 20 heavy (non-hydrogen) atoms. The van der Waals surface area contributed by atoms with Crippen molar-refractivity contribution < 1.29 is 8.78 Å². The first-order valence-electron chi connectivity index (χ1n) is 5.82. The number of aryl methyl sites for hydroxylation is 1. The van der Waals surface area contributed by atoms with E-state index in [9.17, 15) is 8.78 Å². The predicted molar refractivity (Wildman–Crippen MR) is 81.7 cm³/mol. The van der Waals surface area contributed by atoms with Gasteiger partial charge in [0, 0.05) is 10.5 Å². The molecule has 0 saturated heterocycles. The number of anilines is 2. The lowest BCUT2D eigenvalue weighted by Crippen LogP contribution is -1.95. The SMILES string of the molecule is Cc1cccc2sc(Nc3c(F)cc(F)cc3Br)nc12. The summed E-state index contributed by atoms with van der Waals surface area (Å²) in [5, 5.41) is 3.47. The fourth-order valence-electron chi connectivity index (χ4n) is 1.91. The fraction of sp³-hybridized carbons (Fsp3) is 0.0714. The number of halogens is 3. The van der Waals surface area contributed by atoms with Crippen molar-refractivity contribution >= 4 is 48.3 Å². The van der Waals surface area contributed by atoms with Crippen molar-refractivity contribution in [2.45, 2.75) is 6.92 Å². The minimum Gasteiger partial charge on any atom is -0.328 e. The Balaban J connectivity index is 2.04. The highest BCUT2D eigenvalue weighted by Crippen LogP contribution is 2.34. The predicted octanol–water partition coefficient (Wildman–Crippen LogP) is 5.39. The molecule has 0 amide bonds. The van der Waals surface area contributed by atoms with Gasteiger partial charge in [0.15, 0.2) is 10.9 Å². The molecule has 1 heterocycles. The van der Waals surface area contributed by atoms with E-state index in [1.807, 2.05) is 25.1 Å². The lowest BCUT2D eigenvalue weighted by atomic mass is 10.2. The zero-order valence-electron chi connectivity index (χ0n) is 10.4. The molecule has 0 atom stereocenters. The number of hydrogen-bond donors (Lipinski definition) is 1. The van der Waals surface area contributed by atoms with E-state index in [1.54, 1.807) is 0 Å². The van der Waals surface area contributed by atoms with Gasteiger partial charge in [-0.05, 0) is 40.5 Å². The first kappa shape index (κ1) is 13.5. The first-order chi connectivity index (χ1) is 9.54. The molecule has 0 fully saturated rings. The van der Waals surface area contributed by atoms with E-state index >= 15 is 0 Å². The number of thiazole rings is 1. The highest BCUT2D eigenvalue weighted by Gasteiger charge is 2.12. The smallest absolute Gasteiger partial charge is 0.188 e. The van der Waals surface area contributed by atoms with Crippen LogP contribution in [-0.2, 0) is 0 Å². The Hall–Kier alpha value is -1.53. The van der Waals surface area contributed by atoms with Crippen LogP contribution < -0.4 is 5.32 Å². The summed E-state index contributed by atoms with van der Waals surface area (Å²) in [7, 11) is 0. The molecule has 0 radical (unpaired) electrons. The van der Waals surface area contributed by atoms with E-state index in [2.05, 4.69) is 26.2 Å². The third-order valence-corrected chi connectivity index (χ3v) is 4.42. The van der Waals surface area contributed by atoms with E-state index in [0.29, 0.717) is 9.60 Å². The molecule has 0 aliphatic carbocycles. The van der Waals surface area contributed by atoms with E-state index in [1.165, 1.54) is 17.4 Å². The zero-order chi connectivity index (χ0) is 14.3. The molecule has 0 unspecified atom stereocenters. The van der Waals surface area contributed by atoms with Gasteiger partial charge < -0.3 is 5.32 Å². The van der Waals surface area contributed by atoms with Crippen molar-refractivity contribution in [2.24, 2.45) is 0 Å². The van der Waals surface area contributed by atoms with Crippen LogP contribution in [0.1, 0.15) is 5.56 Å². The maximum atomic E-state index is 13.8. The summed E-state index contributed by atoms with van der Waals surface area (Å²) in [6, 6.07) is 7.94. The summed E-state index contributed by atoms with van der Waals surface area (Å²) >= 11 is 4.57. The van der Waals surface area contributed by atoms with Crippen molar-refractivity contribution in [2.75, 3.05) is 5.32 Å². The summed E-state index contributed by atoms with van der Waals surface area (Å²) in [4.78, 5) is 4.44. The second kappa shape index (κ2) is 5.10. The van der Waals surface area contributed by atoms with Crippen LogP contribution in [0.25, 0.3) is 10.2 Å². The Bertz CT molecular complexity index is 778. The topological polar surface area (TPSA) is 24.9 Å². The van der Waals surface area contributed by atoms with Gasteiger partial charge in [-0.3, -0.25) is 0 Å². The van der Waals surface area contributed by atoms with Crippen molar-refractivity contribution in [3.8, 4) is 0 Å². The number of benzene rings is 2. The van der Waals surface area contributed by atoms with Crippen LogP contribution in [0, 0.1) is 18.6 Å². The summed E-state index contributed by atoms with van der Waals surface area (Å²) < 4.78 is 28.2. The van der Waals surface area contributed by atoms with Crippen molar-refractivity contribution in [3.63, 3.8) is 0 Å². The van der Waals surface area contributed by atoms with Crippen LogP contribution >= 0.6 is 27.3 Å². The molecule has 2 nitrogen and oxygen atoms in total. The van der Waals surface area contributed by atoms with Gasteiger partial charge in [0.25, 0.3) is 0 Å². The molecule has 0 spiro atoms. The van der Waals surface area contributed by atoms with Crippen molar-refractivity contribution in [1.29, 1.82) is 0 Å². The molecule has 0 aliphatic rings. The molecule has 2 aromatic carbocycles. The average Bonchev–Trinajstić information content (AvgIpc) is 2.78. The Morgan fingerprint density at radius 3 is 2.75 bits per heavy atom. The van der Waals surface area contributed by atoms with Crippen molar-refractivity contribution in [1.82, 2.24) is 4.98 Å². The summed E-state index contributed by atoms with van der Waals surface area (Å²) in [6.07, 6.45) is 0. The van der Waals surface area contributed by atoms with Gasteiger partial charge in [0.1, 0.15) is 5.82 Å². The van der Waals surface area contributed by atoms with Gasteiger partial charge in [-0.15, -0.1) is 0 Å². The molecule has 0 bridgehead atoms. The monoisotopic (exact) mass is 354 g/mol. The second-order valence-electron chi connectivity index (χ2n) is 4.31. The minimum atomic E-state index is -0.659. The summed E-state index contributed by atoms with van der Waals surface area (Å²) in [5.41, 5.74) is 2.13. The maximum Gasteiger partial charge on any atom is 0.188 e. The Morgan fingerprint density at radius 2 is 2.05 bits per heavy atom. The van der Waals surface area contributed by atoms with Gasteiger partial charge in [-0.2, -0.15) is 0 Å². The molecular weight excluding hydrogens is 346 g/mol. The summed E-state index contributed by atoms with van der Waals surface area (Å²) in [5.74, 6) is -1.28. The van der Waals surface area contributed by atoms with E-state index in [-0.39, 0.29) is 5.69 Å². The number of fused-ring (bicyclic) bond motifs is 1. The number of nitrogens with zero attached hydrogens (tertiary/aromatic N) is 1. The molecule has 102 valence electrons.